The summed E-state index contributed by atoms with van der Waals surface area (Å²) in [5.74, 6) is -1.09. The number of hydrogen-bond donors (Lipinski definition) is 3. The third-order valence-corrected chi connectivity index (χ3v) is 6.23. The fourth-order valence-electron chi connectivity index (χ4n) is 4.42. The standard InChI is InChI=1S/C20H23F3N4O3/c21-20(22,23)19(5-6-24-10-19)11-25-8-12-1-2-14-13(7-12)9-27(18(14)30)15-3-4-16(28)26-17(15)29/h1-2,7,15,24-25H,3-6,8-11H2,(H,26,28,29). The van der Waals surface area contributed by atoms with E-state index in [2.05, 4.69) is 16.0 Å². The molecule has 3 amide bonds. The number of alkyl halides is 3. The van der Waals surface area contributed by atoms with Crippen LogP contribution in [-0.4, -0.2) is 54.5 Å². The van der Waals surface area contributed by atoms with Gasteiger partial charge in [-0.05, 0) is 36.6 Å². The summed E-state index contributed by atoms with van der Waals surface area (Å²) in [4.78, 5) is 37.6. The maximum absolute atomic E-state index is 13.5. The van der Waals surface area contributed by atoms with Gasteiger partial charge in [-0.3, -0.25) is 19.7 Å². The minimum Gasteiger partial charge on any atom is -0.322 e. The molecular weight excluding hydrogens is 401 g/mol. The molecule has 3 N–H and O–H groups in total. The highest BCUT2D eigenvalue weighted by Gasteiger charge is 2.55. The van der Waals surface area contributed by atoms with Gasteiger partial charge in [0.05, 0.1) is 5.41 Å². The Hall–Kier alpha value is -2.46. The van der Waals surface area contributed by atoms with Crippen LogP contribution in [0.4, 0.5) is 13.2 Å². The number of imide groups is 1. The molecule has 3 heterocycles. The Labute approximate surface area is 171 Å². The fraction of sp³-hybridized carbons (Fsp3) is 0.550. The van der Waals surface area contributed by atoms with Crippen LogP contribution >= 0.6 is 0 Å². The Balaban J connectivity index is 1.41. The quantitative estimate of drug-likeness (QED) is 0.616. The number of nitrogens with one attached hydrogen (secondary N) is 3. The Morgan fingerprint density at radius 3 is 2.70 bits per heavy atom. The number of amides is 3. The number of nitrogens with zero attached hydrogens (tertiary/aromatic N) is 1. The highest BCUT2D eigenvalue weighted by atomic mass is 19.4. The van der Waals surface area contributed by atoms with Gasteiger partial charge in [-0.25, -0.2) is 0 Å². The summed E-state index contributed by atoms with van der Waals surface area (Å²) < 4.78 is 40.4. The normalized spacial score (nSPS) is 26.8. The highest BCUT2D eigenvalue weighted by molar-refractivity contribution is 6.05. The molecule has 1 aromatic carbocycles. The van der Waals surface area contributed by atoms with Gasteiger partial charge in [0, 0.05) is 38.2 Å². The second kappa shape index (κ2) is 7.66. The smallest absolute Gasteiger partial charge is 0.322 e. The molecule has 2 saturated heterocycles. The van der Waals surface area contributed by atoms with Crippen molar-refractivity contribution in [3.8, 4) is 0 Å². The minimum atomic E-state index is -4.28. The van der Waals surface area contributed by atoms with Gasteiger partial charge in [-0.15, -0.1) is 0 Å². The molecule has 162 valence electrons. The van der Waals surface area contributed by atoms with Crippen molar-refractivity contribution in [2.45, 2.75) is 44.6 Å². The van der Waals surface area contributed by atoms with E-state index in [1.165, 1.54) is 4.90 Å². The van der Waals surface area contributed by atoms with Crippen molar-refractivity contribution >= 4 is 17.7 Å². The number of rotatable bonds is 5. The lowest BCUT2D eigenvalue weighted by Crippen LogP contribution is -2.52. The summed E-state index contributed by atoms with van der Waals surface area (Å²) >= 11 is 0. The predicted molar refractivity (Wildman–Crippen MR) is 100 cm³/mol. The van der Waals surface area contributed by atoms with Crippen LogP contribution in [0.2, 0.25) is 0 Å². The number of carbonyl (C=O) groups is 3. The average molecular weight is 424 g/mol. The van der Waals surface area contributed by atoms with E-state index < -0.39 is 23.5 Å². The maximum Gasteiger partial charge on any atom is 0.396 e. The number of benzene rings is 1. The molecule has 0 saturated carbocycles. The number of halogens is 3. The van der Waals surface area contributed by atoms with Crippen LogP contribution in [0.25, 0.3) is 0 Å². The average Bonchev–Trinajstić information content (AvgIpc) is 3.28. The first-order valence-electron chi connectivity index (χ1n) is 9.95. The summed E-state index contributed by atoms with van der Waals surface area (Å²) in [6, 6.07) is 4.46. The van der Waals surface area contributed by atoms with Gasteiger partial charge >= 0.3 is 6.18 Å². The van der Waals surface area contributed by atoms with E-state index in [0.717, 1.165) is 11.1 Å². The highest BCUT2D eigenvalue weighted by Crippen LogP contribution is 2.42. The molecule has 2 atom stereocenters. The molecule has 10 heteroatoms. The van der Waals surface area contributed by atoms with Crippen molar-refractivity contribution in [2.24, 2.45) is 5.41 Å². The van der Waals surface area contributed by atoms with Gasteiger partial charge in [0.1, 0.15) is 6.04 Å². The molecule has 4 rings (SSSR count). The van der Waals surface area contributed by atoms with Crippen molar-refractivity contribution in [1.82, 2.24) is 20.9 Å². The second-order valence-electron chi connectivity index (χ2n) is 8.20. The summed E-state index contributed by atoms with van der Waals surface area (Å²) in [6.07, 6.45) is -3.77. The SMILES string of the molecule is O=C1CCC(N2Cc3cc(CNCC4(C(F)(F)F)CCNC4)ccc3C2=O)C(=O)N1. The third kappa shape index (κ3) is 3.69. The monoisotopic (exact) mass is 424 g/mol. The molecule has 3 aliphatic heterocycles. The van der Waals surface area contributed by atoms with Crippen molar-refractivity contribution < 1.29 is 27.6 Å². The molecule has 1 aromatic rings. The summed E-state index contributed by atoms with van der Waals surface area (Å²) in [7, 11) is 0. The van der Waals surface area contributed by atoms with Crippen LogP contribution in [-0.2, 0) is 22.7 Å². The minimum absolute atomic E-state index is 0.0447. The van der Waals surface area contributed by atoms with Gasteiger partial charge < -0.3 is 15.5 Å². The molecule has 2 fully saturated rings. The van der Waals surface area contributed by atoms with Gasteiger partial charge in [-0.2, -0.15) is 13.2 Å². The van der Waals surface area contributed by atoms with E-state index in [0.29, 0.717) is 12.1 Å². The number of hydrogen-bond acceptors (Lipinski definition) is 5. The second-order valence-corrected chi connectivity index (χ2v) is 8.20. The van der Waals surface area contributed by atoms with Gasteiger partial charge in [0.15, 0.2) is 0 Å². The topological polar surface area (TPSA) is 90.5 Å². The van der Waals surface area contributed by atoms with Crippen LogP contribution < -0.4 is 16.0 Å². The first-order valence-corrected chi connectivity index (χ1v) is 9.95. The van der Waals surface area contributed by atoms with Crippen LogP contribution in [0.5, 0.6) is 0 Å². The van der Waals surface area contributed by atoms with E-state index in [4.69, 9.17) is 0 Å². The van der Waals surface area contributed by atoms with E-state index in [9.17, 15) is 27.6 Å². The van der Waals surface area contributed by atoms with Crippen molar-refractivity contribution in [3.05, 3.63) is 34.9 Å². The lowest BCUT2D eigenvalue weighted by Gasteiger charge is -2.31. The summed E-state index contributed by atoms with van der Waals surface area (Å²) in [5, 5.41) is 7.97. The number of fused-ring (bicyclic) bond motifs is 1. The molecule has 3 aliphatic rings. The fourth-order valence-corrected chi connectivity index (χ4v) is 4.42. The molecule has 0 radical (unpaired) electrons. The largest absolute Gasteiger partial charge is 0.396 e. The third-order valence-electron chi connectivity index (χ3n) is 6.23. The number of piperidine rings is 1. The molecule has 2 unspecified atom stereocenters. The molecule has 0 bridgehead atoms. The first kappa shape index (κ1) is 20.8. The molecule has 30 heavy (non-hydrogen) atoms. The maximum atomic E-state index is 13.5. The Kier molecular flexibility index (Phi) is 5.31. The first-order chi connectivity index (χ1) is 14.2. The lowest BCUT2D eigenvalue weighted by atomic mass is 9.86. The Morgan fingerprint density at radius 1 is 1.23 bits per heavy atom. The summed E-state index contributed by atoms with van der Waals surface area (Å²) in [6.45, 7) is 0.561. The van der Waals surface area contributed by atoms with Crippen LogP contribution in [0.1, 0.15) is 40.7 Å². The Morgan fingerprint density at radius 2 is 2.03 bits per heavy atom. The van der Waals surface area contributed by atoms with E-state index in [1.807, 2.05) is 0 Å². The molecule has 0 aromatic heterocycles. The van der Waals surface area contributed by atoms with Crippen LogP contribution in [0.15, 0.2) is 18.2 Å². The van der Waals surface area contributed by atoms with E-state index in [-0.39, 0.29) is 57.3 Å². The van der Waals surface area contributed by atoms with Gasteiger partial charge in [-0.1, -0.05) is 12.1 Å². The van der Waals surface area contributed by atoms with Crippen molar-refractivity contribution in [2.75, 3.05) is 19.6 Å². The lowest BCUT2D eigenvalue weighted by molar-refractivity contribution is -0.215. The molecular formula is C20H23F3N4O3. The van der Waals surface area contributed by atoms with E-state index >= 15 is 0 Å². The zero-order valence-electron chi connectivity index (χ0n) is 16.3. The van der Waals surface area contributed by atoms with Gasteiger partial charge in [0.2, 0.25) is 11.8 Å². The zero-order valence-corrected chi connectivity index (χ0v) is 16.3. The predicted octanol–water partition coefficient (Wildman–Crippen LogP) is 1.08. The zero-order chi connectivity index (χ0) is 21.5. The Bertz CT molecular complexity index is 881. The molecule has 0 spiro atoms. The van der Waals surface area contributed by atoms with E-state index in [1.54, 1.807) is 18.2 Å². The molecule has 0 aliphatic carbocycles. The van der Waals surface area contributed by atoms with Crippen molar-refractivity contribution in [3.63, 3.8) is 0 Å². The van der Waals surface area contributed by atoms with Crippen LogP contribution in [0, 0.1) is 5.41 Å². The molecule has 7 nitrogen and oxygen atoms in total. The van der Waals surface area contributed by atoms with Crippen LogP contribution in [0.3, 0.4) is 0 Å². The number of carbonyl (C=O) groups excluding carboxylic acids is 3. The summed E-state index contributed by atoms with van der Waals surface area (Å²) in [5.41, 5.74) is 0.227. The van der Waals surface area contributed by atoms with Gasteiger partial charge in [0.25, 0.3) is 5.91 Å². The van der Waals surface area contributed by atoms with Crippen molar-refractivity contribution in [1.29, 1.82) is 0 Å².